The van der Waals surface area contributed by atoms with Crippen molar-refractivity contribution in [1.29, 1.82) is 0 Å². The van der Waals surface area contributed by atoms with Crippen LogP contribution in [-0.4, -0.2) is 29.8 Å². The van der Waals surface area contributed by atoms with Gasteiger partial charge in [0.05, 0.1) is 11.3 Å². The lowest BCUT2D eigenvalue weighted by Crippen LogP contribution is -2.37. The van der Waals surface area contributed by atoms with E-state index in [4.69, 9.17) is 5.11 Å². The van der Waals surface area contributed by atoms with Gasteiger partial charge in [0.2, 0.25) is 0 Å². The van der Waals surface area contributed by atoms with Crippen LogP contribution < -0.4 is 4.90 Å². The summed E-state index contributed by atoms with van der Waals surface area (Å²) in [5, 5.41) is 9.16. The Bertz CT molecular complexity index is 500. The minimum absolute atomic E-state index is 0.113. The number of hydrogen-bond donors (Lipinski definition) is 1. The van der Waals surface area contributed by atoms with Gasteiger partial charge < -0.3 is 10.0 Å². The number of carbonyl (C=O) groups is 1. The minimum atomic E-state index is -4.36. The number of carboxylic acid groups (broad SMARTS) is 1. The summed E-state index contributed by atoms with van der Waals surface area (Å²) in [5.74, 6) is -1.24. The van der Waals surface area contributed by atoms with E-state index in [9.17, 15) is 18.0 Å². The normalized spacial score (nSPS) is 15.4. The predicted octanol–water partition coefficient (Wildman–Crippen LogP) is 3.68. The largest absolute Gasteiger partial charge is 0.478 e. The third-order valence-electron chi connectivity index (χ3n) is 2.85. The van der Waals surface area contributed by atoms with E-state index in [-0.39, 0.29) is 21.8 Å². The van der Waals surface area contributed by atoms with E-state index in [0.29, 0.717) is 12.8 Å². The average Bonchev–Trinajstić information content (AvgIpc) is 3.07. The highest BCUT2D eigenvalue weighted by Gasteiger charge is 2.39. The van der Waals surface area contributed by atoms with Gasteiger partial charge in [-0.3, -0.25) is 0 Å². The molecule has 0 saturated heterocycles. The molecular formula is C12H11BrF3NO2. The molecule has 0 heterocycles. The van der Waals surface area contributed by atoms with Crippen molar-refractivity contribution in [2.24, 2.45) is 0 Å². The summed E-state index contributed by atoms with van der Waals surface area (Å²) in [7, 11) is 0. The van der Waals surface area contributed by atoms with E-state index >= 15 is 0 Å². The van der Waals surface area contributed by atoms with E-state index in [1.807, 2.05) is 0 Å². The summed E-state index contributed by atoms with van der Waals surface area (Å²) in [6.45, 7) is -1.13. The van der Waals surface area contributed by atoms with Crippen LogP contribution in [0.5, 0.6) is 0 Å². The fraction of sp³-hybridized carbons (Fsp3) is 0.417. The number of halogens is 4. The first-order valence-corrected chi connectivity index (χ1v) is 6.44. The SMILES string of the molecule is O=C(O)c1c(Br)cccc1N(CC(F)(F)F)C1CC1. The van der Waals surface area contributed by atoms with Gasteiger partial charge in [-0.1, -0.05) is 6.07 Å². The molecule has 1 aromatic rings. The van der Waals surface area contributed by atoms with Crippen LogP contribution in [0, 0.1) is 0 Å². The molecule has 2 rings (SSSR count). The van der Waals surface area contributed by atoms with E-state index < -0.39 is 18.7 Å². The number of aromatic carboxylic acids is 1. The molecule has 1 aliphatic rings. The second-order valence-corrected chi connectivity index (χ2v) is 5.27. The van der Waals surface area contributed by atoms with Crippen LogP contribution in [0.15, 0.2) is 22.7 Å². The van der Waals surface area contributed by atoms with E-state index in [2.05, 4.69) is 15.9 Å². The first kappa shape index (κ1) is 14.2. The highest BCUT2D eigenvalue weighted by Crippen LogP contribution is 2.38. The first-order valence-electron chi connectivity index (χ1n) is 5.65. The van der Waals surface area contributed by atoms with Gasteiger partial charge >= 0.3 is 12.1 Å². The number of hydrogen-bond acceptors (Lipinski definition) is 2. The summed E-state index contributed by atoms with van der Waals surface area (Å²) in [6, 6.07) is 4.23. The Morgan fingerprint density at radius 2 is 2.05 bits per heavy atom. The molecule has 0 unspecified atom stereocenters. The van der Waals surface area contributed by atoms with Crippen molar-refractivity contribution in [3.8, 4) is 0 Å². The van der Waals surface area contributed by atoms with Gasteiger partial charge in [-0.15, -0.1) is 0 Å². The molecule has 1 N–H and O–H groups in total. The van der Waals surface area contributed by atoms with Crippen LogP contribution in [0.3, 0.4) is 0 Å². The van der Waals surface area contributed by atoms with E-state index in [1.54, 1.807) is 0 Å². The molecule has 0 radical (unpaired) electrons. The van der Waals surface area contributed by atoms with E-state index in [0.717, 1.165) is 4.90 Å². The summed E-state index contributed by atoms with van der Waals surface area (Å²) in [6.07, 6.45) is -3.05. The van der Waals surface area contributed by atoms with Crippen LogP contribution in [0.25, 0.3) is 0 Å². The minimum Gasteiger partial charge on any atom is -0.478 e. The Labute approximate surface area is 116 Å². The van der Waals surface area contributed by atoms with Crippen LogP contribution >= 0.6 is 15.9 Å². The van der Waals surface area contributed by atoms with Crippen molar-refractivity contribution in [2.75, 3.05) is 11.4 Å². The zero-order valence-electron chi connectivity index (χ0n) is 9.75. The Kier molecular flexibility index (Phi) is 3.75. The van der Waals surface area contributed by atoms with Crippen molar-refractivity contribution in [2.45, 2.75) is 25.1 Å². The highest BCUT2D eigenvalue weighted by molar-refractivity contribution is 9.10. The monoisotopic (exact) mass is 337 g/mol. The quantitative estimate of drug-likeness (QED) is 0.911. The lowest BCUT2D eigenvalue weighted by molar-refractivity contribution is -0.120. The molecule has 0 bridgehead atoms. The van der Waals surface area contributed by atoms with Crippen molar-refractivity contribution in [1.82, 2.24) is 0 Å². The third kappa shape index (κ3) is 3.40. The van der Waals surface area contributed by atoms with Crippen LogP contribution in [0.4, 0.5) is 18.9 Å². The molecule has 1 fully saturated rings. The van der Waals surface area contributed by atoms with Crippen LogP contribution in [0.2, 0.25) is 0 Å². The smallest absolute Gasteiger partial charge is 0.405 e. The fourth-order valence-corrected chi connectivity index (χ4v) is 2.48. The van der Waals surface area contributed by atoms with Gasteiger partial charge in [-0.25, -0.2) is 4.79 Å². The highest BCUT2D eigenvalue weighted by atomic mass is 79.9. The number of anilines is 1. The van der Waals surface area contributed by atoms with Crippen molar-refractivity contribution in [3.63, 3.8) is 0 Å². The topological polar surface area (TPSA) is 40.5 Å². The standard InChI is InChI=1S/C12H11BrF3NO2/c13-8-2-1-3-9(10(8)11(18)19)17(7-4-5-7)6-12(14,15)16/h1-3,7H,4-6H2,(H,18,19). The van der Waals surface area contributed by atoms with Crippen LogP contribution in [0.1, 0.15) is 23.2 Å². The van der Waals surface area contributed by atoms with E-state index in [1.165, 1.54) is 18.2 Å². The molecule has 0 spiro atoms. The molecule has 104 valence electrons. The Morgan fingerprint density at radius 3 is 2.53 bits per heavy atom. The molecule has 0 amide bonds. The Balaban J connectivity index is 2.42. The number of nitrogens with zero attached hydrogens (tertiary/aromatic N) is 1. The maximum atomic E-state index is 12.6. The molecular weight excluding hydrogens is 327 g/mol. The zero-order valence-corrected chi connectivity index (χ0v) is 11.3. The molecule has 3 nitrogen and oxygen atoms in total. The van der Waals surface area contributed by atoms with Crippen molar-refractivity contribution in [3.05, 3.63) is 28.2 Å². The second kappa shape index (κ2) is 5.03. The summed E-state index contributed by atoms with van der Waals surface area (Å²) in [5.41, 5.74) is -0.0136. The van der Waals surface area contributed by atoms with Gasteiger partial charge in [0, 0.05) is 10.5 Å². The first-order chi connectivity index (χ1) is 8.79. The summed E-state index contributed by atoms with van der Waals surface area (Å²) < 4.78 is 38.1. The van der Waals surface area contributed by atoms with Gasteiger partial charge in [0.15, 0.2) is 0 Å². The molecule has 0 aliphatic heterocycles. The molecule has 19 heavy (non-hydrogen) atoms. The lowest BCUT2D eigenvalue weighted by atomic mass is 10.1. The molecule has 0 aromatic heterocycles. The maximum absolute atomic E-state index is 12.6. The number of carboxylic acids is 1. The van der Waals surface area contributed by atoms with Crippen molar-refractivity contribution >= 4 is 27.6 Å². The average molecular weight is 338 g/mol. The fourth-order valence-electron chi connectivity index (χ4n) is 1.95. The van der Waals surface area contributed by atoms with Gasteiger partial charge in [0.25, 0.3) is 0 Å². The summed E-state index contributed by atoms with van der Waals surface area (Å²) in [4.78, 5) is 12.4. The summed E-state index contributed by atoms with van der Waals surface area (Å²) >= 11 is 3.08. The predicted molar refractivity (Wildman–Crippen MR) is 67.5 cm³/mol. The molecule has 0 atom stereocenters. The molecule has 1 aromatic carbocycles. The van der Waals surface area contributed by atoms with Gasteiger partial charge in [-0.05, 0) is 40.9 Å². The second-order valence-electron chi connectivity index (χ2n) is 4.41. The number of alkyl halides is 3. The van der Waals surface area contributed by atoms with Gasteiger partial charge in [0.1, 0.15) is 6.54 Å². The third-order valence-corrected chi connectivity index (χ3v) is 3.51. The molecule has 1 aliphatic carbocycles. The van der Waals surface area contributed by atoms with Gasteiger partial charge in [-0.2, -0.15) is 13.2 Å². The van der Waals surface area contributed by atoms with Crippen LogP contribution in [-0.2, 0) is 0 Å². The zero-order chi connectivity index (χ0) is 14.2. The Morgan fingerprint density at radius 1 is 1.42 bits per heavy atom. The Hall–Kier alpha value is -1.24. The molecule has 1 saturated carbocycles. The number of benzene rings is 1. The number of rotatable bonds is 4. The maximum Gasteiger partial charge on any atom is 0.405 e. The van der Waals surface area contributed by atoms with Crippen molar-refractivity contribution < 1.29 is 23.1 Å². The lowest BCUT2D eigenvalue weighted by Gasteiger charge is -2.27. The molecule has 7 heteroatoms.